The van der Waals surface area contributed by atoms with E-state index in [-0.39, 0.29) is 39.9 Å². The van der Waals surface area contributed by atoms with Crippen LogP contribution in [0.5, 0.6) is 0 Å². The maximum Gasteiger partial charge on any atom is 0.416 e. The van der Waals surface area contributed by atoms with Gasteiger partial charge in [-0.05, 0) is 126 Å². The summed E-state index contributed by atoms with van der Waals surface area (Å²) >= 11 is 0. The standard InChI is InChI=1S/C53H28F12N4/c1-28-7-6-10-43(67-28)33-23-48(68-44-11-4-2-8-38(44)40-21-29(13-15-46(40)68)31-17-34(50(54,55)56)25-35(18-31)51(57,58)59)42(27-66)49(24-33)69-45-12-5-3-9-39(45)41-22-30(14-16-47(41)69)32-19-36(52(60,61)62)26-37(20-32)53(63,64)65/h2-26H,1H3. The molecule has 4 nitrogen and oxygen atoms in total. The molecule has 0 aliphatic heterocycles. The van der Waals surface area contributed by atoms with E-state index in [2.05, 4.69) is 6.07 Å². The van der Waals surface area contributed by atoms with Crippen LogP contribution in [-0.4, -0.2) is 14.1 Å². The zero-order valence-corrected chi connectivity index (χ0v) is 35.3. The first-order valence-electron chi connectivity index (χ1n) is 20.8. The van der Waals surface area contributed by atoms with Gasteiger partial charge in [0.25, 0.3) is 0 Å². The number of pyridine rings is 1. The van der Waals surface area contributed by atoms with Crippen LogP contribution in [0.3, 0.4) is 0 Å². The lowest BCUT2D eigenvalue weighted by Gasteiger charge is -2.18. The fourth-order valence-corrected chi connectivity index (χ4v) is 9.00. The minimum Gasteiger partial charge on any atom is -0.308 e. The number of fused-ring (bicyclic) bond motifs is 6. The highest BCUT2D eigenvalue weighted by molar-refractivity contribution is 6.12. The van der Waals surface area contributed by atoms with E-state index in [9.17, 15) is 57.9 Å². The molecule has 0 aliphatic carbocycles. The van der Waals surface area contributed by atoms with Gasteiger partial charge in [-0.25, -0.2) is 0 Å². The summed E-state index contributed by atoms with van der Waals surface area (Å²) in [6, 6.07) is 36.7. The number of hydrogen-bond acceptors (Lipinski definition) is 2. The first-order valence-corrected chi connectivity index (χ1v) is 20.8. The monoisotopic (exact) mass is 948 g/mol. The van der Waals surface area contributed by atoms with Crippen LogP contribution in [0, 0.1) is 18.3 Å². The molecule has 69 heavy (non-hydrogen) atoms. The molecule has 3 aromatic heterocycles. The third-order valence-corrected chi connectivity index (χ3v) is 12.1. The Morgan fingerprint density at radius 3 is 1.16 bits per heavy atom. The number of hydrogen-bond donors (Lipinski definition) is 0. The number of nitriles is 1. The lowest BCUT2D eigenvalue weighted by Crippen LogP contribution is -2.11. The van der Waals surface area contributed by atoms with E-state index in [1.54, 1.807) is 107 Å². The van der Waals surface area contributed by atoms with Gasteiger partial charge in [0.1, 0.15) is 11.6 Å². The van der Waals surface area contributed by atoms with Gasteiger partial charge in [-0.2, -0.15) is 57.9 Å². The maximum atomic E-state index is 14.0. The average molecular weight is 949 g/mol. The number of alkyl halides is 12. The molecule has 10 rings (SSSR count). The molecule has 0 atom stereocenters. The van der Waals surface area contributed by atoms with Crippen molar-refractivity contribution in [1.29, 1.82) is 5.26 Å². The largest absolute Gasteiger partial charge is 0.416 e. The van der Waals surface area contributed by atoms with Gasteiger partial charge in [0, 0.05) is 32.8 Å². The maximum absolute atomic E-state index is 14.0. The normalized spacial score (nSPS) is 12.7. The third-order valence-electron chi connectivity index (χ3n) is 12.1. The molecule has 0 aliphatic rings. The van der Waals surface area contributed by atoms with Crippen molar-refractivity contribution in [3.63, 3.8) is 0 Å². The predicted molar refractivity (Wildman–Crippen MR) is 239 cm³/mol. The highest BCUT2D eigenvalue weighted by Gasteiger charge is 2.39. The molecule has 7 aromatic carbocycles. The molecular formula is C53H28F12N4. The van der Waals surface area contributed by atoms with Gasteiger partial charge < -0.3 is 9.13 Å². The Bertz CT molecular complexity index is 3490. The molecule has 0 fully saturated rings. The molecule has 344 valence electrons. The molecule has 0 saturated carbocycles. The molecule has 0 bridgehead atoms. The van der Waals surface area contributed by atoms with E-state index in [4.69, 9.17) is 4.98 Å². The Morgan fingerprint density at radius 1 is 0.391 bits per heavy atom. The van der Waals surface area contributed by atoms with Crippen molar-refractivity contribution >= 4 is 43.6 Å². The van der Waals surface area contributed by atoms with Gasteiger partial charge in [0.05, 0.1) is 61.4 Å². The van der Waals surface area contributed by atoms with Crippen molar-refractivity contribution in [2.24, 2.45) is 0 Å². The van der Waals surface area contributed by atoms with E-state index in [1.807, 2.05) is 0 Å². The molecule has 16 heteroatoms. The predicted octanol–water partition coefficient (Wildman–Crippen LogP) is 16.5. The summed E-state index contributed by atoms with van der Waals surface area (Å²) in [5.41, 5.74) is -2.18. The Morgan fingerprint density at radius 2 is 0.783 bits per heavy atom. The van der Waals surface area contributed by atoms with Crippen molar-refractivity contribution in [1.82, 2.24) is 14.1 Å². The molecule has 0 radical (unpaired) electrons. The third kappa shape index (κ3) is 7.87. The first-order chi connectivity index (χ1) is 32.6. The van der Waals surface area contributed by atoms with E-state index < -0.39 is 47.0 Å². The van der Waals surface area contributed by atoms with E-state index >= 15 is 0 Å². The number of aryl methyl sites for hydroxylation is 1. The molecule has 0 unspecified atom stereocenters. The number of nitrogens with zero attached hydrogens (tertiary/aromatic N) is 4. The number of para-hydroxylation sites is 2. The van der Waals surface area contributed by atoms with Crippen molar-refractivity contribution in [3.8, 4) is 51.0 Å². The second kappa shape index (κ2) is 15.8. The summed E-state index contributed by atoms with van der Waals surface area (Å²) in [5, 5.41) is 13.3. The quantitative estimate of drug-likeness (QED) is 0.161. The SMILES string of the molecule is Cc1cccc(-c2cc(-n3c4ccccc4c4cc(-c5cc(C(F)(F)F)cc(C(F)(F)F)c5)ccc43)c(C#N)c(-n3c4ccccc4c4cc(-c5cc(C(F)(F)F)cc(C(F)(F)F)c5)ccc43)c2)n1. The van der Waals surface area contributed by atoms with Gasteiger partial charge in [-0.1, -0.05) is 54.6 Å². The Balaban J connectivity index is 1.25. The van der Waals surface area contributed by atoms with Crippen LogP contribution in [0.4, 0.5) is 52.7 Å². The smallest absolute Gasteiger partial charge is 0.308 e. The van der Waals surface area contributed by atoms with Crippen LogP contribution in [0.15, 0.2) is 152 Å². The molecule has 10 aromatic rings. The van der Waals surface area contributed by atoms with E-state index in [1.165, 1.54) is 24.3 Å². The summed E-state index contributed by atoms with van der Waals surface area (Å²) in [7, 11) is 0. The van der Waals surface area contributed by atoms with Crippen LogP contribution in [0.2, 0.25) is 0 Å². The summed E-state index contributed by atoms with van der Waals surface area (Å²) in [5.74, 6) is 0. The number of aromatic nitrogens is 3. The molecule has 0 saturated heterocycles. The number of rotatable bonds is 5. The van der Waals surface area contributed by atoms with Crippen molar-refractivity contribution in [2.75, 3.05) is 0 Å². The topological polar surface area (TPSA) is 46.5 Å². The molecule has 3 heterocycles. The molecular weight excluding hydrogens is 921 g/mol. The van der Waals surface area contributed by atoms with Gasteiger partial charge >= 0.3 is 24.7 Å². The van der Waals surface area contributed by atoms with Gasteiger partial charge in [-0.3, -0.25) is 4.98 Å². The Hall–Kier alpha value is -8.06. The van der Waals surface area contributed by atoms with Gasteiger partial charge in [0.2, 0.25) is 0 Å². The fraction of sp³-hybridized carbons (Fsp3) is 0.0943. The highest BCUT2D eigenvalue weighted by atomic mass is 19.4. The second-order valence-corrected chi connectivity index (χ2v) is 16.4. The van der Waals surface area contributed by atoms with Crippen molar-refractivity contribution < 1.29 is 52.7 Å². The summed E-state index contributed by atoms with van der Waals surface area (Å²) < 4.78 is 171. The molecule has 0 amide bonds. The second-order valence-electron chi connectivity index (χ2n) is 16.4. The number of halogens is 12. The fourth-order valence-electron chi connectivity index (χ4n) is 9.00. The summed E-state index contributed by atoms with van der Waals surface area (Å²) in [4.78, 5) is 4.76. The molecule has 0 spiro atoms. The van der Waals surface area contributed by atoms with Crippen LogP contribution in [0.1, 0.15) is 33.5 Å². The Kier molecular flexibility index (Phi) is 10.2. The minimum atomic E-state index is -5.08. The van der Waals surface area contributed by atoms with E-state index in [0.717, 1.165) is 0 Å². The minimum absolute atomic E-state index is 0.0600. The van der Waals surface area contributed by atoms with Crippen molar-refractivity contribution in [2.45, 2.75) is 31.6 Å². The lowest BCUT2D eigenvalue weighted by atomic mass is 9.97. The Labute approximate surface area is 382 Å². The van der Waals surface area contributed by atoms with Gasteiger partial charge in [0.15, 0.2) is 0 Å². The van der Waals surface area contributed by atoms with Crippen LogP contribution in [0.25, 0.3) is 88.5 Å². The van der Waals surface area contributed by atoms with Crippen LogP contribution < -0.4 is 0 Å². The highest BCUT2D eigenvalue weighted by Crippen LogP contribution is 2.45. The van der Waals surface area contributed by atoms with Crippen LogP contribution in [-0.2, 0) is 24.7 Å². The zero-order chi connectivity index (χ0) is 48.9. The first kappa shape index (κ1) is 44.8. The van der Waals surface area contributed by atoms with E-state index in [0.29, 0.717) is 96.2 Å². The number of benzene rings is 7. The van der Waals surface area contributed by atoms with Gasteiger partial charge in [-0.15, -0.1) is 0 Å². The molecule has 0 N–H and O–H groups in total. The summed E-state index contributed by atoms with van der Waals surface area (Å²) in [6.45, 7) is 1.79. The van der Waals surface area contributed by atoms with Crippen molar-refractivity contribution in [3.05, 3.63) is 185 Å². The zero-order valence-electron chi connectivity index (χ0n) is 35.3. The lowest BCUT2D eigenvalue weighted by molar-refractivity contribution is -0.144. The average Bonchev–Trinajstić information content (AvgIpc) is 3.81. The summed E-state index contributed by atoms with van der Waals surface area (Å²) in [6.07, 6.45) is -20.3. The van der Waals surface area contributed by atoms with Crippen LogP contribution >= 0.6 is 0 Å².